The molecule has 0 bridgehead atoms. The van der Waals surface area contributed by atoms with Crippen molar-refractivity contribution in [1.29, 1.82) is 5.26 Å². The Morgan fingerprint density at radius 2 is 1.69 bits per heavy atom. The van der Waals surface area contributed by atoms with E-state index in [0.717, 1.165) is 25.7 Å². The van der Waals surface area contributed by atoms with E-state index in [1.54, 1.807) is 0 Å². The largest absolute Gasteiger partial charge is 0.387 e. The lowest BCUT2D eigenvalue weighted by Crippen LogP contribution is -2.65. The Morgan fingerprint density at radius 1 is 1.03 bits per heavy atom. The summed E-state index contributed by atoms with van der Waals surface area (Å²) < 4.78 is 0. The van der Waals surface area contributed by atoms with Gasteiger partial charge in [0.25, 0.3) is 0 Å². The Hall–Kier alpha value is -1.40. The van der Waals surface area contributed by atoms with Gasteiger partial charge in [0.2, 0.25) is 0 Å². The standard InChI is InChI=1S/C32H47NO2/c1-9-32-14-12-27(2,3)18-21(32)25-22(34)16-24-29(6)17-20(19-33)26(35)28(4,5)23(29)10-11-30(24,7)31(25,8)13-15-32/h16-17,21,23,25-26,35H,9-15,18H2,1-8H3/t21?,23-,25?,26?,29-,30+,31+,32+/m0/s1. The molecule has 0 heterocycles. The van der Waals surface area contributed by atoms with Gasteiger partial charge in [0.1, 0.15) is 0 Å². The number of hydrogen-bond acceptors (Lipinski definition) is 3. The van der Waals surface area contributed by atoms with Gasteiger partial charge in [0.15, 0.2) is 5.78 Å². The number of nitriles is 1. The van der Waals surface area contributed by atoms with E-state index in [1.165, 1.54) is 31.3 Å². The molecule has 5 aliphatic rings. The Morgan fingerprint density at radius 3 is 2.31 bits per heavy atom. The number of aliphatic hydroxyl groups is 1. The molecule has 5 aliphatic carbocycles. The minimum atomic E-state index is -0.748. The van der Waals surface area contributed by atoms with Crippen LogP contribution in [0.2, 0.25) is 0 Å². The van der Waals surface area contributed by atoms with Crippen LogP contribution in [-0.2, 0) is 4.79 Å². The van der Waals surface area contributed by atoms with E-state index in [1.807, 2.05) is 0 Å². The van der Waals surface area contributed by atoms with Gasteiger partial charge < -0.3 is 5.11 Å². The van der Waals surface area contributed by atoms with Crippen molar-refractivity contribution in [2.75, 3.05) is 0 Å². The Labute approximate surface area is 213 Å². The number of allylic oxidation sites excluding steroid dienone is 3. The maximum atomic E-state index is 14.3. The van der Waals surface area contributed by atoms with Crippen molar-refractivity contribution >= 4 is 5.78 Å². The molecule has 3 saturated carbocycles. The molecule has 0 saturated heterocycles. The number of nitrogens with zero attached hydrogens (tertiary/aromatic N) is 1. The molecule has 0 amide bonds. The zero-order chi connectivity index (χ0) is 25.8. The van der Waals surface area contributed by atoms with Gasteiger partial charge in [-0.15, -0.1) is 0 Å². The average molecular weight is 478 g/mol. The van der Waals surface area contributed by atoms with Crippen molar-refractivity contribution in [3.8, 4) is 6.07 Å². The molecule has 3 fully saturated rings. The van der Waals surface area contributed by atoms with Crippen LogP contribution in [0, 0.1) is 61.6 Å². The molecule has 0 aromatic rings. The second-order valence-corrected chi connectivity index (χ2v) is 15.2. The Kier molecular flexibility index (Phi) is 5.30. The lowest BCUT2D eigenvalue weighted by molar-refractivity contribution is -0.173. The van der Waals surface area contributed by atoms with E-state index in [-0.39, 0.29) is 28.1 Å². The maximum absolute atomic E-state index is 14.3. The van der Waals surface area contributed by atoms with E-state index < -0.39 is 11.5 Å². The average Bonchev–Trinajstić information content (AvgIpc) is 2.77. The highest BCUT2D eigenvalue weighted by molar-refractivity contribution is 5.95. The van der Waals surface area contributed by atoms with E-state index in [2.05, 4.69) is 73.6 Å². The van der Waals surface area contributed by atoms with Gasteiger partial charge in [-0.05, 0) is 89.9 Å². The van der Waals surface area contributed by atoms with Gasteiger partial charge >= 0.3 is 0 Å². The first-order chi connectivity index (χ1) is 16.1. The van der Waals surface area contributed by atoms with Crippen LogP contribution < -0.4 is 0 Å². The quantitative estimate of drug-likeness (QED) is 0.428. The molecule has 3 unspecified atom stereocenters. The van der Waals surface area contributed by atoms with Crippen molar-refractivity contribution in [1.82, 2.24) is 0 Å². The number of fused-ring (bicyclic) bond motifs is 7. The summed E-state index contributed by atoms with van der Waals surface area (Å²) >= 11 is 0. The first-order valence-corrected chi connectivity index (χ1v) is 14.2. The molecule has 0 radical (unpaired) electrons. The van der Waals surface area contributed by atoms with E-state index in [0.29, 0.717) is 28.1 Å². The minimum Gasteiger partial charge on any atom is -0.387 e. The summed E-state index contributed by atoms with van der Waals surface area (Å²) in [5.41, 5.74) is 1.39. The van der Waals surface area contributed by atoms with Gasteiger partial charge in [0.05, 0.1) is 17.7 Å². The lowest BCUT2D eigenvalue weighted by Gasteiger charge is -2.69. The zero-order valence-corrected chi connectivity index (χ0v) is 23.4. The van der Waals surface area contributed by atoms with E-state index in [4.69, 9.17) is 0 Å². The molecule has 192 valence electrons. The summed E-state index contributed by atoms with van der Waals surface area (Å²) in [6.45, 7) is 18.6. The van der Waals surface area contributed by atoms with Crippen molar-refractivity contribution in [2.24, 2.45) is 50.2 Å². The Bertz CT molecular complexity index is 1060. The first kappa shape index (κ1) is 25.3. The monoisotopic (exact) mass is 477 g/mol. The van der Waals surface area contributed by atoms with Crippen LogP contribution in [-0.4, -0.2) is 17.0 Å². The smallest absolute Gasteiger partial charge is 0.159 e. The number of carbonyl (C=O) groups excluding carboxylic acids is 1. The van der Waals surface area contributed by atoms with E-state index >= 15 is 0 Å². The van der Waals surface area contributed by atoms with Gasteiger partial charge in [0, 0.05) is 11.3 Å². The second-order valence-electron chi connectivity index (χ2n) is 15.2. The predicted octanol–water partition coefficient (Wildman–Crippen LogP) is 7.41. The number of ketones is 1. The summed E-state index contributed by atoms with van der Waals surface area (Å²) in [4.78, 5) is 14.3. The molecule has 8 atom stereocenters. The highest BCUT2D eigenvalue weighted by Crippen LogP contribution is 2.75. The summed E-state index contributed by atoms with van der Waals surface area (Å²) in [5.74, 6) is 1.10. The van der Waals surface area contributed by atoms with Crippen molar-refractivity contribution in [3.05, 3.63) is 23.3 Å². The molecule has 3 nitrogen and oxygen atoms in total. The summed E-state index contributed by atoms with van der Waals surface area (Å²) in [5, 5.41) is 21.0. The summed E-state index contributed by atoms with van der Waals surface area (Å²) in [6.07, 6.45) is 12.7. The number of aliphatic hydroxyl groups excluding tert-OH is 1. The Balaban J connectivity index is 1.69. The van der Waals surface area contributed by atoms with Crippen LogP contribution in [0.1, 0.15) is 107 Å². The predicted molar refractivity (Wildman–Crippen MR) is 140 cm³/mol. The molecule has 35 heavy (non-hydrogen) atoms. The third-order valence-corrected chi connectivity index (χ3v) is 13.0. The van der Waals surface area contributed by atoms with Crippen molar-refractivity contribution in [3.63, 3.8) is 0 Å². The summed E-state index contributed by atoms with van der Waals surface area (Å²) in [6, 6.07) is 2.31. The fourth-order valence-electron chi connectivity index (χ4n) is 10.5. The molecule has 0 aliphatic heterocycles. The van der Waals surface area contributed by atoms with Crippen LogP contribution >= 0.6 is 0 Å². The maximum Gasteiger partial charge on any atom is 0.159 e. The van der Waals surface area contributed by atoms with Crippen molar-refractivity contribution < 1.29 is 9.90 Å². The van der Waals surface area contributed by atoms with Crippen LogP contribution in [0.5, 0.6) is 0 Å². The van der Waals surface area contributed by atoms with Crippen LogP contribution in [0.25, 0.3) is 0 Å². The molecule has 0 spiro atoms. The van der Waals surface area contributed by atoms with E-state index in [9.17, 15) is 15.2 Å². The number of hydrogen-bond donors (Lipinski definition) is 1. The third kappa shape index (κ3) is 3.02. The third-order valence-electron chi connectivity index (χ3n) is 13.0. The van der Waals surface area contributed by atoms with Gasteiger partial charge in [-0.2, -0.15) is 5.26 Å². The SMILES string of the molecule is CC[C@]12CCC(C)(C)CC1C1C(=O)C=C3[C@@]4(C)C=C(C#N)C(O)C(C)(C)[C@@H]4CC[C@@]3(C)[C@]1(C)CC2. The van der Waals surface area contributed by atoms with Crippen LogP contribution in [0.4, 0.5) is 0 Å². The molecule has 3 heteroatoms. The second kappa shape index (κ2) is 7.34. The molecular formula is C32H47NO2. The normalized spacial score (nSPS) is 49.9. The van der Waals surface area contributed by atoms with Crippen molar-refractivity contribution in [2.45, 2.75) is 113 Å². The van der Waals surface area contributed by atoms with Crippen LogP contribution in [0.15, 0.2) is 23.3 Å². The van der Waals surface area contributed by atoms with Gasteiger partial charge in [-0.3, -0.25) is 4.79 Å². The lowest BCUT2D eigenvalue weighted by atomic mass is 9.34. The van der Waals surface area contributed by atoms with Crippen LogP contribution in [0.3, 0.4) is 0 Å². The topological polar surface area (TPSA) is 61.1 Å². The molecule has 0 aromatic carbocycles. The fourth-order valence-corrected chi connectivity index (χ4v) is 10.5. The summed E-state index contributed by atoms with van der Waals surface area (Å²) in [7, 11) is 0. The first-order valence-electron chi connectivity index (χ1n) is 14.2. The van der Waals surface area contributed by atoms with Gasteiger partial charge in [-0.1, -0.05) is 73.5 Å². The van der Waals surface area contributed by atoms with Gasteiger partial charge in [-0.25, -0.2) is 0 Å². The number of rotatable bonds is 1. The molecular weight excluding hydrogens is 430 g/mol. The minimum absolute atomic E-state index is 0.0697. The highest BCUT2D eigenvalue weighted by Gasteiger charge is 2.69. The zero-order valence-electron chi connectivity index (χ0n) is 23.4. The highest BCUT2D eigenvalue weighted by atomic mass is 16.3. The molecule has 0 aromatic heterocycles. The molecule has 1 N–H and O–H groups in total. The molecule has 5 rings (SSSR count). The fraction of sp³-hybridized carbons (Fsp3) is 0.812. The number of carbonyl (C=O) groups is 1.